The molecule has 2 heterocycles. The number of rotatable bonds is 2. The molecule has 1 spiro atoms. The predicted octanol–water partition coefficient (Wildman–Crippen LogP) is 4.43. The Morgan fingerprint density at radius 1 is 1.00 bits per heavy atom. The van der Waals surface area contributed by atoms with Gasteiger partial charge >= 0.3 is 0 Å². The quantitative estimate of drug-likeness (QED) is 0.842. The molecule has 1 amide bonds. The van der Waals surface area contributed by atoms with Gasteiger partial charge in [0.05, 0.1) is 0 Å². The van der Waals surface area contributed by atoms with Crippen LogP contribution in [0.5, 0.6) is 0 Å². The maximum Gasteiger partial charge on any atom is 0.222 e. The van der Waals surface area contributed by atoms with E-state index in [0.717, 1.165) is 62.6 Å². The lowest BCUT2D eigenvalue weighted by Gasteiger charge is -2.54. The van der Waals surface area contributed by atoms with E-state index in [4.69, 9.17) is 0 Å². The van der Waals surface area contributed by atoms with E-state index in [1.807, 2.05) is 0 Å². The van der Waals surface area contributed by atoms with E-state index in [2.05, 4.69) is 34.5 Å². The van der Waals surface area contributed by atoms with Crippen LogP contribution in [0.3, 0.4) is 0 Å². The summed E-state index contributed by atoms with van der Waals surface area (Å²) < 4.78 is 0. The summed E-state index contributed by atoms with van der Waals surface area (Å²) in [6.45, 7) is 2.94. The summed E-state index contributed by atoms with van der Waals surface area (Å²) in [5.41, 5.74) is 3.06. The van der Waals surface area contributed by atoms with Gasteiger partial charge in [-0.05, 0) is 86.2 Å². The maximum atomic E-state index is 13.1. The number of carbonyl (C=O) groups is 1. The molecular formula is C24H32N2O. The Bertz CT molecular complexity index is 721. The Morgan fingerprint density at radius 3 is 2.37 bits per heavy atom. The monoisotopic (exact) mass is 364 g/mol. The number of piperidine rings is 1. The zero-order valence-electron chi connectivity index (χ0n) is 16.3. The van der Waals surface area contributed by atoms with Crippen molar-refractivity contribution in [1.29, 1.82) is 0 Å². The average Bonchev–Trinajstić information content (AvgIpc) is 3.03. The minimum Gasteiger partial charge on any atom is -0.384 e. The maximum absolute atomic E-state index is 13.1. The number of hydrogen-bond donors (Lipinski definition) is 1. The van der Waals surface area contributed by atoms with Gasteiger partial charge in [-0.3, -0.25) is 4.79 Å². The number of amides is 1. The molecule has 0 unspecified atom stereocenters. The molecule has 7 rings (SSSR count). The van der Waals surface area contributed by atoms with Crippen LogP contribution in [0.15, 0.2) is 24.3 Å². The van der Waals surface area contributed by atoms with Gasteiger partial charge in [-0.15, -0.1) is 0 Å². The smallest absolute Gasteiger partial charge is 0.222 e. The van der Waals surface area contributed by atoms with Gasteiger partial charge in [-0.2, -0.15) is 0 Å². The molecule has 1 saturated heterocycles. The molecule has 0 atom stereocenters. The van der Waals surface area contributed by atoms with Crippen LogP contribution in [0.1, 0.15) is 56.9 Å². The number of nitrogens with one attached hydrogen (secondary N) is 1. The number of carbonyl (C=O) groups excluding carboxylic acids is 1. The number of hydrogen-bond acceptors (Lipinski definition) is 2. The first-order chi connectivity index (χ1) is 13.2. The highest BCUT2D eigenvalue weighted by molar-refractivity contribution is 5.77. The van der Waals surface area contributed by atoms with E-state index in [9.17, 15) is 4.79 Å². The molecule has 3 nitrogen and oxygen atoms in total. The van der Waals surface area contributed by atoms with Crippen LogP contribution in [-0.2, 0) is 10.2 Å². The van der Waals surface area contributed by atoms with Crippen LogP contribution >= 0.6 is 0 Å². The molecule has 2 aliphatic heterocycles. The standard InChI is InChI=1S/C24H32N2O/c27-23(14-20-18-10-16-9-17(12-18)13-19(20)11-16)26-7-5-24(6-8-26)15-25-22-4-2-1-3-21(22)24/h1-4,16-20,25H,5-15H2. The molecule has 1 aromatic carbocycles. The van der Waals surface area contributed by atoms with Gasteiger partial charge in [0.2, 0.25) is 5.91 Å². The molecule has 6 aliphatic rings. The lowest BCUT2D eigenvalue weighted by molar-refractivity contribution is -0.137. The fourth-order valence-electron chi connectivity index (χ4n) is 7.79. The van der Waals surface area contributed by atoms with Crippen LogP contribution in [0.25, 0.3) is 0 Å². The van der Waals surface area contributed by atoms with E-state index in [-0.39, 0.29) is 5.41 Å². The van der Waals surface area contributed by atoms with Gasteiger partial charge < -0.3 is 10.2 Å². The average molecular weight is 365 g/mol. The molecule has 5 fully saturated rings. The highest BCUT2D eigenvalue weighted by atomic mass is 16.2. The lowest BCUT2D eigenvalue weighted by atomic mass is 9.51. The van der Waals surface area contributed by atoms with Crippen molar-refractivity contribution in [2.24, 2.45) is 29.6 Å². The topological polar surface area (TPSA) is 32.3 Å². The molecule has 4 bridgehead atoms. The fraction of sp³-hybridized carbons (Fsp3) is 0.708. The molecule has 4 aliphatic carbocycles. The first-order valence-corrected chi connectivity index (χ1v) is 11.3. The van der Waals surface area contributed by atoms with Crippen molar-refractivity contribution in [1.82, 2.24) is 4.90 Å². The van der Waals surface area contributed by atoms with Gasteiger partial charge in [-0.25, -0.2) is 0 Å². The molecule has 1 aromatic rings. The minimum atomic E-state index is 0.260. The second-order valence-corrected chi connectivity index (χ2v) is 10.4. The van der Waals surface area contributed by atoms with E-state index < -0.39 is 0 Å². The number of anilines is 1. The van der Waals surface area contributed by atoms with Crippen molar-refractivity contribution in [2.45, 2.75) is 56.8 Å². The van der Waals surface area contributed by atoms with Crippen molar-refractivity contribution in [3.63, 3.8) is 0 Å². The molecule has 27 heavy (non-hydrogen) atoms. The van der Waals surface area contributed by atoms with Gasteiger partial charge in [0.15, 0.2) is 0 Å². The Labute approximate surface area is 162 Å². The largest absolute Gasteiger partial charge is 0.384 e. The van der Waals surface area contributed by atoms with Crippen LogP contribution in [0, 0.1) is 29.6 Å². The van der Waals surface area contributed by atoms with Gasteiger partial charge in [0.25, 0.3) is 0 Å². The Hall–Kier alpha value is -1.51. The van der Waals surface area contributed by atoms with Gasteiger partial charge in [0.1, 0.15) is 0 Å². The summed E-state index contributed by atoms with van der Waals surface area (Å²) in [4.78, 5) is 15.4. The van der Waals surface area contributed by atoms with Crippen molar-refractivity contribution in [3.05, 3.63) is 29.8 Å². The number of benzene rings is 1. The fourth-order valence-corrected chi connectivity index (χ4v) is 7.79. The molecular weight excluding hydrogens is 332 g/mol. The molecule has 3 heteroatoms. The van der Waals surface area contributed by atoms with E-state index in [1.54, 1.807) is 0 Å². The Balaban J connectivity index is 1.11. The predicted molar refractivity (Wildman–Crippen MR) is 108 cm³/mol. The molecule has 0 radical (unpaired) electrons. The third-order valence-electron chi connectivity index (χ3n) is 9.02. The van der Waals surface area contributed by atoms with Crippen LogP contribution in [-0.4, -0.2) is 30.4 Å². The first-order valence-electron chi connectivity index (χ1n) is 11.3. The lowest BCUT2D eigenvalue weighted by Crippen LogP contribution is -2.49. The number of para-hydroxylation sites is 1. The van der Waals surface area contributed by atoms with Crippen molar-refractivity contribution < 1.29 is 4.79 Å². The van der Waals surface area contributed by atoms with Crippen molar-refractivity contribution >= 4 is 11.6 Å². The second-order valence-electron chi connectivity index (χ2n) is 10.4. The van der Waals surface area contributed by atoms with E-state index >= 15 is 0 Å². The summed E-state index contributed by atoms with van der Waals surface area (Å²) in [7, 11) is 0. The summed E-state index contributed by atoms with van der Waals surface area (Å²) in [6, 6.07) is 8.78. The normalized spacial score (nSPS) is 38.1. The highest BCUT2D eigenvalue weighted by Gasteiger charge is 2.49. The number of nitrogens with zero attached hydrogens (tertiary/aromatic N) is 1. The second kappa shape index (κ2) is 5.99. The van der Waals surface area contributed by atoms with Crippen molar-refractivity contribution in [3.8, 4) is 0 Å². The zero-order chi connectivity index (χ0) is 18.0. The summed E-state index contributed by atoms with van der Waals surface area (Å²) >= 11 is 0. The number of likely N-dealkylation sites (tertiary alicyclic amines) is 1. The molecule has 4 saturated carbocycles. The van der Waals surface area contributed by atoms with Gasteiger partial charge in [-0.1, -0.05) is 18.2 Å². The van der Waals surface area contributed by atoms with Crippen molar-refractivity contribution in [2.75, 3.05) is 25.0 Å². The van der Waals surface area contributed by atoms with Gasteiger partial charge in [0, 0.05) is 37.2 Å². The van der Waals surface area contributed by atoms with E-state index in [0.29, 0.717) is 11.8 Å². The molecule has 0 aromatic heterocycles. The Morgan fingerprint density at radius 2 is 1.67 bits per heavy atom. The Kier molecular flexibility index (Phi) is 3.65. The third-order valence-corrected chi connectivity index (χ3v) is 9.02. The minimum absolute atomic E-state index is 0.260. The highest BCUT2D eigenvalue weighted by Crippen LogP contribution is 2.57. The molecule has 1 N–H and O–H groups in total. The summed E-state index contributed by atoms with van der Waals surface area (Å²) in [6.07, 6.45) is 10.3. The van der Waals surface area contributed by atoms with E-state index in [1.165, 1.54) is 43.4 Å². The third kappa shape index (κ3) is 2.57. The summed E-state index contributed by atoms with van der Waals surface area (Å²) in [5.74, 6) is 4.91. The van der Waals surface area contributed by atoms with Crippen LogP contribution in [0.2, 0.25) is 0 Å². The SMILES string of the molecule is O=C(CC1C2CC3CC(C2)CC1C3)N1CCC2(CC1)CNc1ccccc12. The molecule has 144 valence electrons. The first kappa shape index (κ1) is 16.4. The summed E-state index contributed by atoms with van der Waals surface area (Å²) in [5, 5.41) is 3.60. The zero-order valence-corrected chi connectivity index (χ0v) is 16.3. The number of fused-ring (bicyclic) bond motifs is 2. The van der Waals surface area contributed by atoms with Crippen LogP contribution < -0.4 is 5.32 Å². The van der Waals surface area contributed by atoms with Crippen LogP contribution in [0.4, 0.5) is 5.69 Å².